The van der Waals surface area contributed by atoms with Crippen LogP contribution in [0.4, 0.5) is 0 Å². The van der Waals surface area contributed by atoms with Crippen molar-refractivity contribution in [1.29, 1.82) is 5.26 Å². The van der Waals surface area contributed by atoms with Crippen LogP contribution in [0.15, 0.2) is 36.4 Å². The number of hydrogen-bond donors (Lipinski definition) is 0. The molecule has 2 aromatic carbocycles. The largest absolute Gasteiger partial charge is 0.456 e. The average Bonchev–Trinajstić information content (AvgIpc) is 2.43. The average molecular weight is 292 g/mol. The number of ether oxygens (including phenoxy) is 1. The van der Waals surface area contributed by atoms with Crippen LogP contribution in [0.25, 0.3) is 0 Å². The fraction of sp³-hybridized carbons (Fsp3) is 0.133. The molecule has 0 N–H and O–H groups in total. The fourth-order valence-electron chi connectivity index (χ4n) is 1.64. The summed E-state index contributed by atoms with van der Waals surface area (Å²) in [7, 11) is 0. The van der Waals surface area contributed by atoms with E-state index in [0.29, 0.717) is 28.0 Å². The minimum absolute atomic E-state index is 0.366. The van der Waals surface area contributed by atoms with Crippen LogP contribution in [-0.4, -0.2) is 0 Å². The Kier molecular flexibility index (Phi) is 4.31. The molecule has 96 valence electrons. The summed E-state index contributed by atoms with van der Waals surface area (Å²) in [6.07, 6.45) is 0. The van der Waals surface area contributed by atoms with E-state index < -0.39 is 0 Å². The third kappa shape index (κ3) is 3.20. The molecule has 0 unspecified atom stereocenters. The summed E-state index contributed by atoms with van der Waals surface area (Å²) >= 11 is 11.7. The first-order valence-electron chi connectivity index (χ1n) is 5.67. The SMILES string of the molecule is Cc1ccc(Cl)cc1Oc1ccc(CCl)cc1C#N. The van der Waals surface area contributed by atoms with Crippen molar-refractivity contribution in [2.75, 3.05) is 0 Å². The second-order valence-corrected chi connectivity index (χ2v) is 4.79. The zero-order chi connectivity index (χ0) is 13.8. The molecule has 4 heteroatoms. The lowest BCUT2D eigenvalue weighted by molar-refractivity contribution is 0.477. The first kappa shape index (κ1) is 13.7. The van der Waals surface area contributed by atoms with Crippen molar-refractivity contribution in [2.24, 2.45) is 0 Å². The van der Waals surface area contributed by atoms with Crippen molar-refractivity contribution in [2.45, 2.75) is 12.8 Å². The predicted octanol–water partition coefficient (Wildman–Crippen LogP) is 5.05. The normalized spacial score (nSPS) is 10.0. The van der Waals surface area contributed by atoms with Crippen molar-refractivity contribution in [1.82, 2.24) is 0 Å². The van der Waals surface area contributed by atoms with Crippen molar-refractivity contribution in [3.63, 3.8) is 0 Å². The van der Waals surface area contributed by atoms with Gasteiger partial charge in [-0.05, 0) is 42.3 Å². The molecule has 0 amide bonds. The maximum absolute atomic E-state index is 9.14. The molecule has 0 bridgehead atoms. The number of benzene rings is 2. The monoisotopic (exact) mass is 291 g/mol. The van der Waals surface area contributed by atoms with E-state index in [1.54, 1.807) is 24.3 Å². The van der Waals surface area contributed by atoms with Crippen molar-refractivity contribution in [3.05, 3.63) is 58.1 Å². The summed E-state index contributed by atoms with van der Waals surface area (Å²) in [5.41, 5.74) is 2.29. The maximum atomic E-state index is 9.14. The molecule has 0 spiro atoms. The van der Waals surface area contributed by atoms with Gasteiger partial charge in [0.05, 0.1) is 5.56 Å². The van der Waals surface area contributed by atoms with E-state index in [-0.39, 0.29) is 0 Å². The van der Waals surface area contributed by atoms with Crippen LogP contribution in [0.5, 0.6) is 11.5 Å². The number of rotatable bonds is 3. The van der Waals surface area contributed by atoms with Gasteiger partial charge in [-0.2, -0.15) is 5.26 Å². The highest BCUT2D eigenvalue weighted by atomic mass is 35.5. The molecular weight excluding hydrogens is 281 g/mol. The van der Waals surface area contributed by atoms with Gasteiger partial charge < -0.3 is 4.74 Å². The lowest BCUT2D eigenvalue weighted by atomic mass is 10.1. The van der Waals surface area contributed by atoms with E-state index in [1.165, 1.54) is 0 Å². The summed E-state index contributed by atoms with van der Waals surface area (Å²) in [6, 6.07) is 12.8. The molecule has 0 atom stereocenters. The van der Waals surface area contributed by atoms with Crippen molar-refractivity contribution >= 4 is 23.2 Å². The fourth-order valence-corrected chi connectivity index (χ4v) is 1.97. The van der Waals surface area contributed by atoms with Crippen LogP contribution in [0, 0.1) is 18.3 Å². The van der Waals surface area contributed by atoms with Gasteiger partial charge in [0.1, 0.15) is 17.6 Å². The molecule has 0 aliphatic heterocycles. The van der Waals surface area contributed by atoms with Crippen LogP contribution in [0.1, 0.15) is 16.7 Å². The van der Waals surface area contributed by atoms with E-state index in [9.17, 15) is 0 Å². The zero-order valence-corrected chi connectivity index (χ0v) is 11.8. The molecule has 0 radical (unpaired) electrons. The summed E-state index contributed by atoms with van der Waals surface area (Å²) < 4.78 is 5.76. The van der Waals surface area contributed by atoms with Crippen LogP contribution < -0.4 is 4.74 Å². The third-order valence-electron chi connectivity index (χ3n) is 2.69. The molecule has 0 heterocycles. The van der Waals surface area contributed by atoms with Gasteiger partial charge >= 0.3 is 0 Å². The zero-order valence-electron chi connectivity index (χ0n) is 10.3. The topological polar surface area (TPSA) is 33.0 Å². The second kappa shape index (κ2) is 5.97. The maximum Gasteiger partial charge on any atom is 0.145 e. The van der Waals surface area contributed by atoms with E-state index in [4.69, 9.17) is 33.2 Å². The lowest BCUT2D eigenvalue weighted by Gasteiger charge is -2.11. The molecule has 0 fully saturated rings. The van der Waals surface area contributed by atoms with Gasteiger partial charge in [0.25, 0.3) is 0 Å². The number of aryl methyl sites for hydroxylation is 1. The Hall–Kier alpha value is -1.69. The minimum atomic E-state index is 0.366. The smallest absolute Gasteiger partial charge is 0.145 e. The molecule has 0 aliphatic rings. The number of hydrogen-bond acceptors (Lipinski definition) is 2. The molecular formula is C15H11Cl2NO. The second-order valence-electron chi connectivity index (χ2n) is 4.09. The molecule has 19 heavy (non-hydrogen) atoms. The molecule has 0 aromatic heterocycles. The Labute approximate surface area is 122 Å². The number of nitrogens with zero attached hydrogens (tertiary/aromatic N) is 1. The van der Waals surface area contributed by atoms with Gasteiger partial charge in [0.15, 0.2) is 0 Å². The van der Waals surface area contributed by atoms with Crippen molar-refractivity contribution < 1.29 is 4.74 Å². The van der Waals surface area contributed by atoms with Gasteiger partial charge in [-0.25, -0.2) is 0 Å². The summed E-state index contributed by atoms with van der Waals surface area (Å²) in [4.78, 5) is 0. The summed E-state index contributed by atoms with van der Waals surface area (Å²) in [5, 5.41) is 9.74. The highest BCUT2D eigenvalue weighted by Crippen LogP contribution is 2.30. The van der Waals surface area contributed by atoms with E-state index in [1.807, 2.05) is 19.1 Å². The number of nitriles is 1. The highest BCUT2D eigenvalue weighted by Gasteiger charge is 2.08. The molecule has 0 saturated carbocycles. The Morgan fingerprint density at radius 1 is 1.16 bits per heavy atom. The third-order valence-corrected chi connectivity index (χ3v) is 3.23. The van der Waals surface area contributed by atoms with E-state index in [2.05, 4.69) is 6.07 Å². The minimum Gasteiger partial charge on any atom is -0.456 e. The lowest BCUT2D eigenvalue weighted by Crippen LogP contribution is -1.92. The quantitative estimate of drug-likeness (QED) is 0.741. The molecule has 0 saturated heterocycles. The number of alkyl halides is 1. The van der Waals surface area contributed by atoms with Gasteiger partial charge in [-0.15, -0.1) is 11.6 Å². The predicted molar refractivity (Wildman–Crippen MR) is 77.0 cm³/mol. The van der Waals surface area contributed by atoms with Crippen LogP contribution in [0.2, 0.25) is 5.02 Å². The highest BCUT2D eigenvalue weighted by molar-refractivity contribution is 6.30. The first-order valence-corrected chi connectivity index (χ1v) is 6.58. The van der Waals surface area contributed by atoms with Gasteiger partial charge in [-0.1, -0.05) is 23.7 Å². The van der Waals surface area contributed by atoms with Crippen molar-refractivity contribution in [3.8, 4) is 17.6 Å². The molecule has 2 aromatic rings. The Morgan fingerprint density at radius 3 is 2.63 bits per heavy atom. The van der Waals surface area contributed by atoms with Gasteiger partial charge in [0.2, 0.25) is 0 Å². The van der Waals surface area contributed by atoms with Crippen LogP contribution in [-0.2, 0) is 5.88 Å². The van der Waals surface area contributed by atoms with Gasteiger partial charge in [-0.3, -0.25) is 0 Å². The molecule has 2 rings (SSSR count). The Bertz CT molecular complexity index is 647. The molecule has 0 aliphatic carbocycles. The summed E-state index contributed by atoms with van der Waals surface area (Å²) in [5.74, 6) is 1.51. The Morgan fingerprint density at radius 2 is 1.95 bits per heavy atom. The number of halogens is 2. The molecule has 2 nitrogen and oxygen atoms in total. The standard InChI is InChI=1S/C15H11Cl2NO/c1-10-2-4-13(17)7-15(10)19-14-5-3-11(8-16)6-12(14)9-18/h2-7H,8H2,1H3. The van der Waals surface area contributed by atoms with E-state index in [0.717, 1.165) is 11.1 Å². The first-order chi connectivity index (χ1) is 9.13. The van der Waals surface area contributed by atoms with Crippen LogP contribution in [0.3, 0.4) is 0 Å². The van der Waals surface area contributed by atoms with E-state index >= 15 is 0 Å². The van der Waals surface area contributed by atoms with Crippen LogP contribution >= 0.6 is 23.2 Å². The summed E-state index contributed by atoms with van der Waals surface area (Å²) in [6.45, 7) is 1.92. The Balaban J connectivity index is 2.38. The van der Waals surface area contributed by atoms with Gasteiger partial charge in [0, 0.05) is 10.9 Å².